The third kappa shape index (κ3) is 5.25. The van der Waals surface area contributed by atoms with Gasteiger partial charge in [0.1, 0.15) is 5.82 Å². The maximum Gasteiger partial charge on any atom is 0.270 e. The number of carbonyl (C=O) groups is 1. The zero-order chi connectivity index (χ0) is 23.4. The average molecular weight is 472 g/mol. The normalized spacial score (nSPS) is 18.5. The molecule has 0 unspecified atom stereocenters. The Hall–Kier alpha value is -2.79. The number of hydrogen-bond acceptors (Lipinski definition) is 7. The number of likely N-dealkylation sites (N-methyl/N-ethyl adjacent to an activating group) is 1. The summed E-state index contributed by atoms with van der Waals surface area (Å²) in [6, 6.07) is 10.8. The van der Waals surface area contributed by atoms with E-state index in [1.807, 2.05) is 18.3 Å². The number of rotatable bonds is 5. The smallest absolute Gasteiger partial charge is 0.270 e. The Morgan fingerprint density at radius 1 is 1.00 bits per heavy atom. The number of amides is 1. The van der Waals surface area contributed by atoms with Gasteiger partial charge in [-0.1, -0.05) is 18.2 Å². The van der Waals surface area contributed by atoms with E-state index in [1.165, 1.54) is 10.4 Å². The summed E-state index contributed by atoms with van der Waals surface area (Å²) in [6.45, 7) is 4.32. The van der Waals surface area contributed by atoms with Crippen molar-refractivity contribution in [3.05, 3.63) is 54.2 Å². The third-order valence-electron chi connectivity index (χ3n) is 6.18. The summed E-state index contributed by atoms with van der Waals surface area (Å²) in [5.74, 6) is 0.361. The molecule has 0 bridgehead atoms. The van der Waals surface area contributed by atoms with E-state index < -0.39 is 15.9 Å². The van der Waals surface area contributed by atoms with E-state index in [0.717, 1.165) is 49.5 Å². The number of aromatic nitrogens is 1. The Morgan fingerprint density at radius 2 is 1.76 bits per heavy atom. The molecule has 1 aromatic heterocycles. The van der Waals surface area contributed by atoms with Gasteiger partial charge in [-0.3, -0.25) is 10.0 Å². The monoisotopic (exact) mass is 471 g/mol. The van der Waals surface area contributed by atoms with Gasteiger partial charge in [0.2, 0.25) is 10.0 Å². The van der Waals surface area contributed by atoms with E-state index in [4.69, 9.17) is 5.21 Å². The molecule has 3 heterocycles. The van der Waals surface area contributed by atoms with Crippen molar-refractivity contribution < 1.29 is 18.4 Å². The van der Waals surface area contributed by atoms with Crippen molar-refractivity contribution >= 4 is 21.7 Å². The predicted octanol–water partition coefficient (Wildman–Crippen LogP) is 1.72. The lowest BCUT2D eigenvalue weighted by Gasteiger charge is -2.25. The van der Waals surface area contributed by atoms with Gasteiger partial charge < -0.3 is 9.80 Å². The molecule has 176 valence electrons. The minimum atomic E-state index is -3.68. The Labute approximate surface area is 194 Å². The molecule has 2 aliphatic rings. The number of pyridine rings is 1. The molecule has 0 aliphatic carbocycles. The van der Waals surface area contributed by atoms with Crippen LogP contribution in [0.5, 0.6) is 0 Å². The molecule has 4 rings (SSSR count). The first-order valence-electron chi connectivity index (χ1n) is 11.0. The zero-order valence-electron chi connectivity index (χ0n) is 18.6. The van der Waals surface area contributed by atoms with Gasteiger partial charge in [0.25, 0.3) is 5.91 Å². The van der Waals surface area contributed by atoms with Crippen molar-refractivity contribution in [2.24, 2.45) is 0 Å². The van der Waals surface area contributed by atoms with E-state index in [1.54, 1.807) is 29.7 Å². The highest BCUT2D eigenvalue weighted by Crippen LogP contribution is 2.26. The molecule has 1 aromatic carbocycles. The van der Waals surface area contributed by atoms with Crippen LogP contribution < -0.4 is 10.4 Å². The van der Waals surface area contributed by atoms with Gasteiger partial charge in [-0.25, -0.2) is 18.9 Å². The lowest BCUT2D eigenvalue weighted by atomic mass is 10.1. The summed E-state index contributed by atoms with van der Waals surface area (Å²) in [6.07, 6.45) is 4.71. The molecular weight excluding hydrogens is 442 g/mol. The molecule has 0 radical (unpaired) electrons. The summed E-state index contributed by atoms with van der Waals surface area (Å²) in [7, 11) is -1.54. The Morgan fingerprint density at radius 3 is 2.39 bits per heavy atom. The standard InChI is InChI=1S/C23H29N5O4S/c1-26-11-2-12-27(16-15-26)22-8-5-20(17-24-22)18-3-6-21(7-4-18)33(31,32)28-13-9-19(10-14-28)23(29)25-30/h3-9,17,30H,2,10-16H2,1H3,(H,25,29). The molecule has 33 heavy (non-hydrogen) atoms. The minimum absolute atomic E-state index is 0.0878. The maximum atomic E-state index is 13.0. The minimum Gasteiger partial charge on any atom is -0.355 e. The molecule has 0 saturated carbocycles. The first kappa shape index (κ1) is 23.4. The molecule has 2 N–H and O–H groups in total. The second-order valence-corrected chi connectivity index (χ2v) is 10.3. The average Bonchev–Trinajstić information content (AvgIpc) is 3.08. The molecule has 0 atom stereocenters. The summed E-state index contributed by atoms with van der Waals surface area (Å²) < 4.78 is 27.3. The number of benzene rings is 1. The predicted molar refractivity (Wildman–Crippen MR) is 125 cm³/mol. The highest BCUT2D eigenvalue weighted by molar-refractivity contribution is 7.89. The highest BCUT2D eigenvalue weighted by atomic mass is 32.2. The largest absolute Gasteiger partial charge is 0.355 e. The Balaban J connectivity index is 1.45. The Kier molecular flexibility index (Phi) is 7.08. The number of nitrogens with zero attached hydrogens (tertiary/aromatic N) is 4. The van der Waals surface area contributed by atoms with Crippen LogP contribution in [0.15, 0.2) is 59.1 Å². The second-order valence-electron chi connectivity index (χ2n) is 8.36. The molecule has 1 fully saturated rings. The summed E-state index contributed by atoms with van der Waals surface area (Å²) in [4.78, 5) is 21.0. The molecule has 0 spiro atoms. The van der Waals surface area contributed by atoms with Gasteiger partial charge in [-0.2, -0.15) is 4.31 Å². The quantitative estimate of drug-likeness (QED) is 0.505. The number of hydroxylamine groups is 1. The molecule has 1 saturated heterocycles. The molecule has 9 nitrogen and oxygen atoms in total. The van der Waals surface area contributed by atoms with Crippen LogP contribution >= 0.6 is 0 Å². The molecule has 2 aromatic rings. The third-order valence-corrected chi connectivity index (χ3v) is 8.06. The van der Waals surface area contributed by atoms with Crippen molar-refractivity contribution in [1.29, 1.82) is 0 Å². The van der Waals surface area contributed by atoms with Crippen molar-refractivity contribution in [3.8, 4) is 11.1 Å². The van der Waals surface area contributed by atoms with E-state index in [2.05, 4.69) is 21.8 Å². The van der Waals surface area contributed by atoms with Crippen molar-refractivity contribution in [2.75, 3.05) is 51.2 Å². The van der Waals surface area contributed by atoms with Crippen molar-refractivity contribution in [3.63, 3.8) is 0 Å². The van der Waals surface area contributed by atoms with E-state index >= 15 is 0 Å². The molecular formula is C23H29N5O4S. The molecule has 1 amide bonds. The number of anilines is 1. The van der Waals surface area contributed by atoms with Gasteiger partial charge >= 0.3 is 0 Å². The summed E-state index contributed by atoms with van der Waals surface area (Å²) in [5.41, 5.74) is 3.78. The van der Waals surface area contributed by atoms with E-state index in [-0.39, 0.29) is 24.4 Å². The lowest BCUT2D eigenvalue weighted by molar-refractivity contribution is -0.125. The zero-order valence-corrected chi connectivity index (χ0v) is 19.5. The first-order chi connectivity index (χ1) is 15.9. The van der Waals surface area contributed by atoms with Crippen LogP contribution in [0, 0.1) is 0 Å². The van der Waals surface area contributed by atoms with E-state index in [9.17, 15) is 13.2 Å². The fourth-order valence-corrected chi connectivity index (χ4v) is 5.52. The maximum absolute atomic E-state index is 13.0. The van der Waals surface area contributed by atoms with Gasteiger partial charge in [-0.15, -0.1) is 0 Å². The van der Waals surface area contributed by atoms with Crippen LogP contribution in [0.2, 0.25) is 0 Å². The van der Waals surface area contributed by atoms with Gasteiger partial charge in [0.15, 0.2) is 0 Å². The van der Waals surface area contributed by atoms with Crippen LogP contribution in [0.25, 0.3) is 11.1 Å². The van der Waals surface area contributed by atoms with Crippen LogP contribution in [-0.2, 0) is 14.8 Å². The fourth-order valence-electron chi connectivity index (χ4n) is 4.13. The number of sulfonamides is 1. The number of carbonyl (C=O) groups excluding carboxylic acids is 1. The topological polar surface area (TPSA) is 106 Å². The van der Waals surface area contributed by atoms with Gasteiger partial charge in [0.05, 0.1) is 4.90 Å². The molecule has 10 heteroatoms. The molecule has 2 aliphatic heterocycles. The van der Waals surface area contributed by atoms with Crippen LogP contribution in [-0.4, -0.2) is 80.0 Å². The van der Waals surface area contributed by atoms with E-state index in [0.29, 0.717) is 5.57 Å². The number of nitrogens with one attached hydrogen (secondary N) is 1. The van der Waals surface area contributed by atoms with Crippen LogP contribution in [0.3, 0.4) is 0 Å². The van der Waals surface area contributed by atoms with Crippen LogP contribution in [0.1, 0.15) is 12.8 Å². The SMILES string of the molecule is CN1CCCN(c2ccc(-c3ccc(S(=O)(=O)N4CC=C(C(=O)NO)CC4)cc3)cn2)CC1. The van der Waals surface area contributed by atoms with Gasteiger partial charge in [-0.05, 0) is 56.3 Å². The second kappa shape index (κ2) is 10.0. The lowest BCUT2D eigenvalue weighted by Crippen LogP contribution is -2.37. The summed E-state index contributed by atoms with van der Waals surface area (Å²) in [5, 5.41) is 8.73. The fraction of sp³-hybridized carbons (Fsp3) is 0.391. The Bertz CT molecular complexity index is 1120. The first-order valence-corrected chi connectivity index (χ1v) is 12.5. The number of hydrogen-bond donors (Lipinski definition) is 2. The summed E-state index contributed by atoms with van der Waals surface area (Å²) >= 11 is 0. The highest BCUT2D eigenvalue weighted by Gasteiger charge is 2.27. The van der Waals surface area contributed by atoms with Crippen molar-refractivity contribution in [1.82, 2.24) is 19.7 Å². The van der Waals surface area contributed by atoms with Crippen molar-refractivity contribution in [2.45, 2.75) is 17.7 Å². The van der Waals surface area contributed by atoms with Gasteiger partial charge in [0, 0.05) is 50.1 Å². The van der Waals surface area contributed by atoms with Crippen LogP contribution in [0.4, 0.5) is 5.82 Å².